The molecule has 0 aliphatic carbocycles. The van der Waals surface area contributed by atoms with Crippen molar-refractivity contribution in [1.82, 2.24) is 4.90 Å². The number of hydrogen-bond acceptors (Lipinski definition) is 2. The molecule has 3 nitrogen and oxygen atoms in total. The summed E-state index contributed by atoms with van der Waals surface area (Å²) in [6.07, 6.45) is 2.44. The molecule has 1 atom stereocenters. The molecular weight excluding hydrogens is 233 g/mol. The zero-order valence-electron chi connectivity index (χ0n) is 10.5. The van der Waals surface area contributed by atoms with Crippen molar-refractivity contribution in [1.29, 1.82) is 0 Å². The second kappa shape index (κ2) is 5.06. The van der Waals surface area contributed by atoms with Crippen LogP contribution in [0.25, 0.3) is 0 Å². The summed E-state index contributed by atoms with van der Waals surface area (Å²) in [5.74, 6) is -1.27. The lowest BCUT2D eigenvalue weighted by molar-refractivity contribution is -0.152. The molecule has 0 aromatic heterocycles. The molecule has 1 N–H and O–H groups in total. The van der Waals surface area contributed by atoms with Crippen LogP contribution in [-0.4, -0.2) is 29.1 Å². The van der Waals surface area contributed by atoms with E-state index >= 15 is 0 Å². The highest BCUT2D eigenvalue weighted by Crippen LogP contribution is 2.35. The summed E-state index contributed by atoms with van der Waals surface area (Å²) in [4.78, 5) is 13.7. The first kappa shape index (κ1) is 13.0. The molecule has 1 unspecified atom stereocenters. The molecule has 0 bridgehead atoms. The number of carboxylic acids is 1. The number of benzene rings is 1. The molecule has 1 saturated heterocycles. The van der Waals surface area contributed by atoms with Crippen molar-refractivity contribution in [2.45, 2.75) is 31.7 Å². The topological polar surface area (TPSA) is 40.5 Å². The second-order valence-electron chi connectivity index (χ2n) is 4.72. The van der Waals surface area contributed by atoms with Crippen LogP contribution < -0.4 is 0 Å². The highest BCUT2D eigenvalue weighted by atomic mass is 19.1. The van der Waals surface area contributed by atoms with Gasteiger partial charge in [-0.1, -0.05) is 19.1 Å². The minimum atomic E-state index is -1.08. The Labute approximate surface area is 106 Å². The van der Waals surface area contributed by atoms with E-state index in [9.17, 15) is 14.3 Å². The van der Waals surface area contributed by atoms with E-state index in [-0.39, 0.29) is 5.82 Å². The van der Waals surface area contributed by atoms with Gasteiger partial charge in [0.15, 0.2) is 0 Å². The maximum atomic E-state index is 13.4. The van der Waals surface area contributed by atoms with Crippen molar-refractivity contribution in [3.63, 3.8) is 0 Å². The van der Waals surface area contributed by atoms with Gasteiger partial charge in [-0.2, -0.15) is 0 Å². The number of halogens is 1. The van der Waals surface area contributed by atoms with Crippen LogP contribution in [0, 0.1) is 5.82 Å². The lowest BCUT2D eigenvalue weighted by atomic mass is 9.85. The summed E-state index contributed by atoms with van der Waals surface area (Å²) in [6.45, 7) is 3.37. The van der Waals surface area contributed by atoms with Crippen LogP contribution in [0.5, 0.6) is 0 Å². The van der Waals surface area contributed by atoms with E-state index in [1.807, 2.05) is 11.8 Å². The average Bonchev–Trinajstić information content (AvgIpc) is 2.84. The van der Waals surface area contributed by atoms with Crippen molar-refractivity contribution in [3.05, 3.63) is 35.6 Å². The Kier molecular flexibility index (Phi) is 3.66. The van der Waals surface area contributed by atoms with E-state index in [1.165, 1.54) is 12.1 Å². The quantitative estimate of drug-likeness (QED) is 0.894. The number of carbonyl (C=O) groups is 1. The molecule has 1 heterocycles. The minimum Gasteiger partial charge on any atom is -0.480 e. The van der Waals surface area contributed by atoms with E-state index in [0.29, 0.717) is 12.0 Å². The van der Waals surface area contributed by atoms with Gasteiger partial charge in [0.05, 0.1) is 0 Å². The summed E-state index contributed by atoms with van der Waals surface area (Å²) in [5.41, 5.74) is -0.544. The van der Waals surface area contributed by atoms with Crippen molar-refractivity contribution in [2.24, 2.45) is 0 Å². The van der Waals surface area contributed by atoms with Crippen molar-refractivity contribution < 1.29 is 14.3 Å². The largest absolute Gasteiger partial charge is 0.480 e. The summed E-state index contributed by atoms with van der Waals surface area (Å²) in [6, 6.07) is 5.97. The predicted molar refractivity (Wildman–Crippen MR) is 66.8 cm³/mol. The standard InChI is InChI=1S/C14H18FNO2/c1-2-14(13(17)18,16-8-3-4-9-16)11-6-5-7-12(15)10-11/h5-7,10H,2-4,8-9H2,1H3,(H,17,18). The molecule has 1 fully saturated rings. The zero-order chi connectivity index (χ0) is 13.2. The molecule has 0 amide bonds. The van der Waals surface area contributed by atoms with Gasteiger partial charge in [0, 0.05) is 0 Å². The third-order valence-electron chi connectivity index (χ3n) is 3.81. The number of rotatable bonds is 4. The van der Waals surface area contributed by atoms with Crippen LogP contribution in [-0.2, 0) is 10.3 Å². The smallest absolute Gasteiger partial charge is 0.328 e. The molecule has 2 rings (SSSR count). The number of likely N-dealkylation sites (tertiary alicyclic amines) is 1. The Morgan fingerprint density at radius 1 is 1.44 bits per heavy atom. The first-order chi connectivity index (χ1) is 8.61. The van der Waals surface area contributed by atoms with Crippen LogP contribution in [0.3, 0.4) is 0 Å². The Bertz CT molecular complexity index is 443. The van der Waals surface area contributed by atoms with Crippen LogP contribution >= 0.6 is 0 Å². The lowest BCUT2D eigenvalue weighted by Gasteiger charge is -2.37. The van der Waals surface area contributed by atoms with Gasteiger partial charge in [0.1, 0.15) is 11.4 Å². The summed E-state index contributed by atoms with van der Waals surface area (Å²) in [5, 5.41) is 9.66. The summed E-state index contributed by atoms with van der Waals surface area (Å²) >= 11 is 0. The third-order valence-corrected chi connectivity index (χ3v) is 3.81. The maximum absolute atomic E-state index is 13.4. The highest BCUT2D eigenvalue weighted by Gasteiger charge is 2.45. The molecule has 18 heavy (non-hydrogen) atoms. The van der Waals surface area contributed by atoms with Crippen LogP contribution in [0.15, 0.2) is 24.3 Å². The SMILES string of the molecule is CCC(C(=O)O)(c1cccc(F)c1)N1CCCC1. The zero-order valence-corrected chi connectivity index (χ0v) is 10.5. The molecule has 1 aromatic rings. The molecule has 1 aliphatic rings. The molecule has 0 saturated carbocycles. The minimum absolute atomic E-state index is 0.384. The first-order valence-corrected chi connectivity index (χ1v) is 6.35. The molecule has 0 spiro atoms. The summed E-state index contributed by atoms with van der Waals surface area (Å²) in [7, 11) is 0. The fraction of sp³-hybridized carbons (Fsp3) is 0.500. The van der Waals surface area contributed by atoms with E-state index in [0.717, 1.165) is 25.9 Å². The monoisotopic (exact) mass is 251 g/mol. The van der Waals surface area contributed by atoms with E-state index < -0.39 is 11.5 Å². The van der Waals surface area contributed by atoms with Gasteiger partial charge < -0.3 is 5.11 Å². The van der Waals surface area contributed by atoms with Gasteiger partial charge in [-0.25, -0.2) is 9.18 Å². The average molecular weight is 251 g/mol. The fourth-order valence-electron chi connectivity index (χ4n) is 2.86. The molecule has 1 aromatic carbocycles. The van der Waals surface area contributed by atoms with Gasteiger partial charge in [0.2, 0.25) is 0 Å². The Morgan fingerprint density at radius 3 is 2.61 bits per heavy atom. The Morgan fingerprint density at radius 2 is 2.11 bits per heavy atom. The van der Waals surface area contributed by atoms with Crippen molar-refractivity contribution >= 4 is 5.97 Å². The highest BCUT2D eigenvalue weighted by molar-refractivity contribution is 5.80. The number of carboxylic acid groups (broad SMARTS) is 1. The Hall–Kier alpha value is -1.42. The molecular formula is C14H18FNO2. The van der Waals surface area contributed by atoms with Crippen LogP contribution in [0.1, 0.15) is 31.7 Å². The molecule has 4 heteroatoms. The third kappa shape index (κ3) is 2.01. The van der Waals surface area contributed by atoms with E-state index in [2.05, 4.69) is 0 Å². The number of nitrogens with zero attached hydrogens (tertiary/aromatic N) is 1. The maximum Gasteiger partial charge on any atom is 0.328 e. The number of hydrogen-bond donors (Lipinski definition) is 1. The molecule has 98 valence electrons. The van der Waals surface area contributed by atoms with Crippen LogP contribution in [0.2, 0.25) is 0 Å². The first-order valence-electron chi connectivity index (χ1n) is 6.35. The van der Waals surface area contributed by atoms with Gasteiger partial charge in [0.25, 0.3) is 0 Å². The van der Waals surface area contributed by atoms with Crippen LogP contribution in [0.4, 0.5) is 4.39 Å². The number of aliphatic carboxylic acids is 1. The predicted octanol–water partition coefficient (Wildman–Crippen LogP) is 2.61. The molecule has 0 radical (unpaired) electrons. The van der Waals surface area contributed by atoms with E-state index in [1.54, 1.807) is 12.1 Å². The second-order valence-corrected chi connectivity index (χ2v) is 4.72. The lowest BCUT2D eigenvalue weighted by Crippen LogP contribution is -2.50. The fourth-order valence-corrected chi connectivity index (χ4v) is 2.86. The normalized spacial score (nSPS) is 19.7. The van der Waals surface area contributed by atoms with Gasteiger partial charge in [-0.15, -0.1) is 0 Å². The van der Waals surface area contributed by atoms with Gasteiger partial charge >= 0.3 is 5.97 Å². The summed E-state index contributed by atoms with van der Waals surface area (Å²) < 4.78 is 13.4. The van der Waals surface area contributed by atoms with E-state index in [4.69, 9.17) is 0 Å². The van der Waals surface area contributed by atoms with Crippen molar-refractivity contribution in [3.8, 4) is 0 Å². The van der Waals surface area contributed by atoms with Gasteiger partial charge in [-0.3, -0.25) is 4.90 Å². The van der Waals surface area contributed by atoms with Crippen molar-refractivity contribution in [2.75, 3.05) is 13.1 Å². The molecule has 1 aliphatic heterocycles. The Balaban J connectivity index is 2.50. The van der Waals surface area contributed by atoms with Gasteiger partial charge in [-0.05, 0) is 50.0 Å².